The van der Waals surface area contributed by atoms with Gasteiger partial charge in [0.05, 0.1) is 6.92 Å². The molecular weight excluding hydrogens is 88.1 g/mol. The number of rotatable bonds is 0. The lowest BCUT2D eigenvalue weighted by atomic mass is 10.6. The Bertz CT molecular complexity index is 107. The molecule has 5 radical (unpaired) electrons. The van der Waals surface area contributed by atoms with E-state index in [0.717, 1.165) is 0 Å². The quantitative estimate of drug-likeness (QED) is 0.285. The topological polar surface area (TPSA) is 0 Å². The first-order valence-corrected chi connectivity index (χ1v) is 1.79. The van der Waals surface area contributed by atoms with Gasteiger partial charge in [0.1, 0.15) is 10.2 Å². The SMILES string of the molecule is [CH]C#CC#C[Si]. The zero-order valence-electron chi connectivity index (χ0n) is 3.08. The van der Waals surface area contributed by atoms with Crippen LogP contribution in [0.3, 0.4) is 0 Å². The predicted molar refractivity (Wildman–Crippen MR) is 25.6 cm³/mol. The highest BCUT2D eigenvalue weighted by Gasteiger charge is 1.42. The highest BCUT2D eigenvalue weighted by Crippen LogP contribution is 1.44. The zero-order valence-corrected chi connectivity index (χ0v) is 4.08. The van der Waals surface area contributed by atoms with Gasteiger partial charge in [-0.2, -0.15) is 0 Å². The zero-order chi connectivity index (χ0) is 4.83. The minimum Gasteiger partial charge on any atom is -0.124 e. The Morgan fingerprint density at radius 2 is 2.00 bits per heavy atom. The standard InChI is InChI=1S/C5HSi/c1-2-3-4-5-6/h1H. The van der Waals surface area contributed by atoms with E-state index in [1.807, 2.05) is 0 Å². The summed E-state index contributed by atoms with van der Waals surface area (Å²) < 4.78 is 0. The summed E-state index contributed by atoms with van der Waals surface area (Å²) in [7, 11) is 2.87. The molecule has 0 saturated carbocycles. The maximum absolute atomic E-state index is 4.73. The molecule has 0 aliphatic rings. The molecular formula is C5HSi. The van der Waals surface area contributed by atoms with E-state index in [2.05, 4.69) is 33.5 Å². The summed E-state index contributed by atoms with van der Waals surface area (Å²) in [6, 6.07) is 0. The summed E-state index contributed by atoms with van der Waals surface area (Å²) in [6.07, 6.45) is 0. The van der Waals surface area contributed by atoms with E-state index in [1.165, 1.54) is 0 Å². The Morgan fingerprint density at radius 3 is 2.17 bits per heavy atom. The summed E-state index contributed by atoms with van der Waals surface area (Å²) in [5.41, 5.74) is 2.37. The van der Waals surface area contributed by atoms with E-state index < -0.39 is 0 Å². The molecule has 0 aromatic carbocycles. The predicted octanol–water partition coefficient (Wildman–Crippen LogP) is -0.170. The molecule has 6 heavy (non-hydrogen) atoms. The third kappa shape index (κ3) is 3.34. The van der Waals surface area contributed by atoms with E-state index in [9.17, 15) is 0 Å². The van der Waals surface area contributed by atoms with Gasteiger partial charge in [-0.1, -0.05) is 5.92 Å². The van der Waals surface area contributed by atoms with Crippen LogP contribution in [0.5, 0.6) is 0 Å². The normalized spacial score (nSPS) is 3.67. The van der Waals surface area contributed by atoms with Gasteiger partial charge in [0, 0.05) is 0 Å². The third-order valence-corrected chi connectivity index (χ3v) is 0.322. The molecule has 0 saturated heterocycles. The summed E-state index contributed by atoms with van der Waals surface area (Å²) in [5.74, 6) is 6.81. The number of hydrogen-bond acceptors (Lipinski definition) is 0. The van der Waals surface area contributed by atoms with E-state index in [4.69, 9.17) is 6.92 Å². The largest absolute Gasteiger partial charge is 0.148 e. The van der Waals surface area contributed by atoms with Crippen LogP contribution in [0.4, 0.5) is 0 Å². The van der Waals surface area contributed by atoms with E-state index in [0.29, 0.717) is 0 Å². The Labute approximate surface area is 41.4 Å². The van der Waals surface area contributed by atoms with Crippen molar-refractivity contribution < 1.29 is 0 Å². The van der Waals surface area contributed by atoms with E-state index in [1.54, 1.807) is 0 Å². The number of hydrogen-bond donors (Lipinski definition) is 0. The van der Waals surface area contributed by atoms with Gasteiger partial charge >= 0.3 is 0 Å². The van der Waals surface area contributed by atoms with Crippen LogP contribution in [0.25, 0.3) is 0 Å². The molecule has 1 heteroatoms. The van der Waals surface area contributed by atoms with Gasteiger partial charge in [-0.05, 0) is 11.8 Å². The summed E-state index contributed by atoms with van der Waals surface area (Å²) >= 11 is 0. The molecule has 0 bridgehead atoms. The van der Waals surface area contributed by atoms with Crippen molar-refractivity contribution in [2.45, 2.75) is 0 Å². The van der Waals surface area contributed by atoms with Crippen LogP contribution in [0.15, 0.2) is 0 Å². The van der Waals surface area contributed by atoms with Gasteiger partial charge in [-0.25, -0.2) is 0 Å². The van der Waals surface area contributed by atoms with E-state index >= 15 is 0 Å². The summed E-state index contributed by atoms with van der Waals surface area (Å²) in [6.45, 7) is 4.73. The Morgan fingerprint density at radius 1 is 1.33 bits per heavy atom. The molecule has 0 aliphatic carbocycles. The maximum atomic E-state index is 4.73. The Hall–Kier alpha value is -0.663. The second-order valence-corrected chi connectivity index (χ2v) is 0.769. The highest BCUT2D eigenvalue weighted by molar-refractivity contribution is 6.22. The van der Waals surface area contributed by atoms with E-state index in [-0.39, 0.29) is 0 Å². The van der Waals surface area contributed by atoms with Crippen LogP contribution in [0.2, 0.25) is 0 Å². The van der Waals surface area contributed by atoms with Crippen molar-refractivity contribution in [1.82, 2.24) is 0 Å². The molecule has 25 valence electrons. The molecule has 0 N–H and O–H groups in total. The second kappa shape index (κ2) is 4.34. The van der Waals surface area contributed by atoms with Gasteiger partial charge in [0.15, 0.2) is 0 Å². The Kier molecular flexibility index (Phi) is 3.86. The first-order chi connectivity index (χ1) is 2.91. The minimum absolute atomic E-state index is 2.11. The van der Waals surface area contributed by atoms with Crippen LogP contribution in [0, 0.1) is 30.2 Å². The van der Waals surface area contributed by atoms with Crippen molar-refractivity contribution in [3.05, 3.63) is 6.92 Å². The molecule has 0 amide bonds. The maximum Gasteiger partial charge on any atom is 0.148 e. The van der Waals surface area contributed by atoms with Gasteiger partial charge in [0.2, 0.25) is 0 Å². The van der Waals surface area contributed by atoms with Crippen LogP contribution in [-0.4, -0.2) is 10.2 Å². The van der Waals surface area contributed by atoms with Crippen molar-refractivity contribution in [2.75, 3.05) is 0 Å². The molecule has 0 fully saturated rings. The van der Waals surface area contributed by atoms with Crippen molar-refractivity contribution in [2.24, 2.45) is 0 Å². The molecule has 0 unspecified atom stereocenters. The average Bonchev–Trinajstić information content (AvgIpc) is 1.61. The molecule has 0 spiro atoms. The molecule has 0 aliphatic heterocycles. The highest BCUT2D eigenvalue weighted by atomic mass is 28.1. The third-order valence-electron chi connectivity index (χ3n) is 0.197. The first kappa shape index (κ1) is 5.34. The average molecular weight is 89.1 g/mol. The van der Waals surface area contributed by atoms with Crippen molar-refractivity contribution in [3.63, 3.8) is 0 Å². The lowest BCUT2D eigenvalue weighted by Crippen LogP contribution is -1.48. The molecule has 0 nitrogen and oxygen atoms in total. The van der Waals surface area contributed by atoms with Crippen molar-refractivity contribution >= 4 is 10.2 Å². The van der Waals surface area contributed by atoms with Gasteiger partial charge in [-0.3, -0.25) is 0 Å². The van der Waals surface area contributed by atoms with Crippen molar-refractivity contribution in [3.8, 4) is 23.3 Å². The van der Waals surface area contributed by atoms with Gasteiger partial charge in [-0.15, -0.1) is 5.54 Å². The fourth-order valence-corrected chi connectivity index (χ4v) is 0.130. The van der Waals surface area contributed by atoms with Crippen LogP contribution >= 0.6 is 0 Å². The lowest BCUT2D eigenvalue weighted by molar-refractivity contribution is 2.34. The summed E-state index contributed by atoms with van der Waals surface area (Å²) in [4.78, 5) is 0. The molecule has 0 atom stereocenters. The lowest BCUT2D eigenvalue weighted by Gasteiger charge is -1.47. The smallest absolute Gasteiger partial charge is 0.124 e. The van der Waals surface area contributed by atoms with Crippen LogP contribution < -0.4 is 0 Å². The first-order valence-electron chi connectivity index (χ1n) is 1.29. The van der Waals surface area contributed by atoms with Crippen LogP contribution in [0.1, 0.15) is 0 Å². The molecule has 0 aromatic heterocycles. The van der Waals surface area contributed by atoms with Gasteiger partial charge in [0.25, 0.3) is 0 Å². The monoisotopic (exact) mass is 89.0 g/mol. The fourth-order valence-electron chi connectivity index (χ4n) is 0.0673. The van der Waals surface area contributed by atoms with Crippen molar-refractivity contribution in [1.29, 1.82) is 0 Å². The summed E-state index contributed by atoms with van der Waals surface area (Å²) in [5, 5.41) is 0. The second-order valence-electron chi connectivity index (χ2n) is 0.519. The fraction of sp³-hybridized carbons (Fsp3) is 0. The Balaban J connectivity index is 3.43. The minimum atomic E-state index is 2.11. The van der Waals surface area contributed by atoms with Gasteiger partial charge < -0.3 is 0 Å². The molecule has 0 rings (SSSR count). The molecule has 0 heterocycles. The van der Waals surface area contributed by atoms with Crippen LogP contribution in [-0.2, 0) is 0 Å². The molecule has 0 aromatic rings.